The first-order chi connectivity index (χ1) is 5.38. The van der Waals surface area contributed by atoms with E-state index in [1.807, 2.05) is 4.68 Å². The second-order valence-corrected chi connectivity index (χ2v) is 2.60. The van der Waals surface area contributed by atoms with Crippen LogP contribution in [-0.2, 0) is 13.0 Å². The summed E-state index contributed by atoms with van der Waals surface area (Å²) >= 11 is 0. The van der Waals surface area contributed by atoms with Crippen molar-refractivity contribution in [2.24, 2.45) is 0 Å². The lowest BCUT2D eigenvalue weighted by atomic mass is 10.2. The zero-order chi connectivity index (χ0) is 8.10. The first-order valence-corrected chi connectivity index (χ1v) is 4.25. The van der Waals surface area contributed by atoms with E-state index in [0.29, 0.717) is 0 Å². The first kappa shape index (κ1) is 8.24. The fourth-order valence-corrected chi connectivity index (χ4v) is 1.08. The van der Waals surface area contributed by atoms with Crippen molar-refractivity contribution in [1.82, 2.24) is 14.8 Å². The van der Waals surface area contributed by atoms with Gasteiger partial charge in [-0.2, -0.15) is 5.10 Å². The molecular weight excluding hydrogens is 138 g/mol. The van der Waals surface area contributed by atoms with Crippen LogP contribution >= 0.6 is 0 Å². The molecule has 1 rings (SSSR count). The van der Waals surface area contributed by atoms with Crippen molar-refractivity contribution < 1.29 is 0 Å². The SMILES string of the molecule is CCCCc1ncnn1CC. The largest absolute Gasteiger partial charge is 0.250 e. The maximum absolute atomic E-state index is 4.18. The third-order valence-electron chi connectivity index (χ3n) is 1.75. The summed E-state index contributed by atoms with van der Waals surface area (Å²) in [6.45, 7) is 5.20. The second-order valence-electron chi connectivity index (χ2n) is 2.60. The van der Waals surface area contributed by atoms with Crippen LogP contribution in [0, 0.1) is 0 Å². The molecule has 0 saturated carbocycles. The molecule has 0 aliphatic heterocycles. The van der Waals surface area contributed by atoms with Gasteiger partial charge in [0.2, 0.25) is 0 Å². The summed E-state index contributed by atoms with van der Waals surface area (Å²) in [5.74, 6) is 1.12. The molecule has 0 saturated heterocycles. The van der Waals surface area contributed by atoms with E-state index in [9.17, 15) is 0 Å². The highest BCUT2D eigenvalue weighted by Gasteiger charge is 1.99. The number of hydrogen-bond donors (Lipinski definition) is 0. The Morgan fingerprint density at radius 1 is 1.45 bits per heavy atom. The van der Waals surface area contributed by atoms with Gasteiger partial charge in [0, 0.05) is 13.0 Å². The van der Waals surface area contributed by atoms with Crippen LogP contribution < -0.4 is 0 Å². The fraction of sp³-hybridized carbons (Fsp3) is 0.750. The van der Waals surface area contributed by atoms with E-state index < -0.39 is 0 Å². The van der Waals surface area contributed by atoms with Gasteiger partial charge in [0.1, 0.15) is 12.2 Å². The lowest BCUT2D eigenvalue weighted by Crippen LogP contribution is -2.03. The summed E-state index contributed by atoms with van der Waals surface area (Å²) in [6, 6.07) is 0. The van der Waals surface area contributed by atoms with Crippen LogP contribution in [0.2, 0.25) is 0 Å². The number of nitrogens with zero attached hydrogens (tertiary/aromatic N) is 3. The molecule has 3 nitrogen and oxygen atoms in total. The van der Waals surface area contributed by atoms with E-state index >= 15 is 0 Å². The van der Waals surface area contributed by atoms with E-state index in [0.717, 1.165) is 18.8 Å². The second kappa shape index (κ2) is 4.11. The molecule has 1 aromatic rings. The summed E-state index contributed by atoms with van der Waals surface area (Å²) in [5, 5.41) is 4.09. The van der Waals surface area contributed by atoms with Gasteiger partial charge in [-0.1, -0.05) is 13.3 Å². The lowest BCUT2D eigenvalue weighted by Gasteiger charge is -2.00. The quantitative estimate of drug-likeness (QED) is 0.658. The number of rotatable bonds is 4. The van der Waals surface area contributed by atoms with E-state index in [1.165, 1.54) is 12.8 Å². The highest BCUT2D eigenvalue weighted by molar-refractivity contribution is 4.83. The molecule has 3 heteroatoms. The van der Waals surface area contributed by atoms with E-state index in [1.54, 1.807) is 6.33 Å². The number of aromatic nitrogens is 3. The predicted molar refractivity (Wildman–Crippen MR) is 44.3 cm³/mol. The zero-order valence-electron chi connectivity index (χ0n) is 7.25. The Labute approximate surface area is 67.4 Å². The molecule has 0 atom stereocenters. The fourth-order valence-electron chi connectivity index (χ4n) is 1.08. The topological polar surface area (TPSA) is 30.7 Å². The van der Waals surface area contributed by atoms with Gasteiger partial charge in [0.05, 0.1) is 0 Å². The molecule has 62 valence electrons. The van der Waals surface area contributed by atoms with Crippen LogP contribution in [0.1, 0.15) is 32.5 Å². The molecule has 1 aromatic heterocycles. The molecule has 0 fully saturated rings. The molecule has 0 amide bonds. The summed E-state index contributed by atoms with van der Waals surface area (Å²) in [4.78, 5) is 4.18. The number of hydrogen-bond acceptors (Lipinski definition) is 2. The van der Waals surface area contributed by atoms with E-state index in [4.69, 9.17) is 0 Å². The maximum Gasteiger partial charge on any atom is 0.138 e. The Kier molecular flexibility index (Phi) is 3.08. The number of unbranched alkanes of at least 4 members (excludes halogenated alkanes) is 1. The summed E-state index contributed by atoms with van der Waals surface area (Å²) in [7, 11) is 0. The summed E-state index contributed by atoms with van der Waals surface area (Å²) in [6.07, 6.45) is 5.12. The predicted octanol–water partition coefficient (Wildman–Crippen LogP) is 1.64. The minimum Gasteiger partial charge on any atom is -0.250 e. The van der Waals surface area contributed by atoms with Crippen LogP contribution in [-0.4, -0.2) is 14.8 Å². The molecular formula is C8H15N3. The van der Waals surface area contributed by atoms with Crippen molar-refractivity contribution in [3.05, 3.63) is 12.2 Å². The lowest BCUT2D eigenvalue weighted by molar-refractivity contribution is 0.599. The molecule has 0 radical (unpaired) electrons. The number of aryl methyl sites for hydroxylation is 2. The van der Waals surface area contributed by atoms with Gasteiger partial charge >= 0.3 is 0 Å². The van der Waals surface area contributed by atoms with Crippen molar-refractivity contribution >= 4 is 0 Å². The van der Waals surface area contributed by atoms with Crippen molar-refractivity contribution in [3.8, 4) is 0 Å². The molecule has 0 aliphatic carbocycles. The average Bonchev–Trinajstić information content (AvgIpc) is 2.47. The molecule has 0 unspecified atom stereocenters. The van der Waals surface area contributed by atoms with Crippen LogP contribution in [0.5, 0.6) is 0 Å². The minimum absolute atomic E-state index is 0.930. The van der Waals surface area contributed by atoms with Crippen LogP contribution in [0.3, 0.4) is 0 Å². The van der Waals surface area contributed by atoms with Crippen LogP contribution in [0.4, 0.5) is 0 Å². The van der Waals surface area contributed by atoms with Crippen LogP contribution in [0.15, 0.2) is 6.33 Å². The standard InChI is InChI=1S/C8H15N3/c1-3-5-6-8-9-7-10-11(8)4-2/h7H,3-6H2,1-2H3. The Hall–Kier alpha value is -0.860. The molecule has 0 aromatic carbocycles. The van der Waals surface area contributed by atoms with Gasteiger partial charge in [0.15, 0.2) is 0 Å². The highest BCUT2D eigenvalue weighted by atomic mass is 15.3. The molecule has 0 bridgehead atoms. The van der Waals surface area contributed by atoms with Crippen LogP contribution in [0.25, 0.3) is 0 Å². The Morgan fingerprint density at radius 3 is 2.91 bits per heavy atom. The Balaban J connectivity index is 2.54. The van der Waals surface area contributed by atoms with Crippen molar-refractivity contribution in [1.29, 1.82) is 0 Å². The summed E-state index contributed by atoms with van der Waals surface area (Å²) in [5.41, 5.74) is 0. The molecule has 0 aliphatic rings. The Bertz CT molecular complexity index is 205. The molecule has 0 N–H and O–H groups in total. The minimum atomic E-state index is 0.930. The summed E-state index contributed by atoms with van der Waals surface area (Å²) < 4.78 is 1.95. The molecule has 11 heavy (non-hydrogen) atoms. The van der Waals surface area contributed by atoms with Gasteiger partial charge in [-0.05, 0) is 13.3 Å². The third-order valence-corrected chi connectivity index (χ3v) is 1.75. The third kappa shape index (κ3) is 2.03. The highest BCUT2D eigenvalue weighted by Crippen LogP contribution is 2.00. The normalized spacial score (nSPS) is 10.4. The monoisotopic (exact) mass is 153 g/mol. The first-order valence-electron chi connectivity index (χ1n) is 4.25. The van der Waals surface area contributed by atoms with Gasteiger partial charge in [0.25, 0.3) is 0 Å². The van der Waals surface area contributed by atoms with Crippen molar-refractivity contribution in [2.45, 2.75) is 39.7 Å². The van der Waals surface area contributed by atoms with Gasteiger partial charge in [-0.3, -0.25) is 4.68 Å². The van der Waals surface area contributed by atoms with Crippen molar-refractivity contribution in [2.75, 3.05) is 0 Å². The zero-order valence-corrected chi connectivity index (χ0v) is 7.25. The van der Waals surface area contributed by atoms with E-state index in [-0.39, 0.29) is 0 Å². The van der Waals surface area contributed by atoms with E-state index in [2.05, 4.69) is 23.9 Å². The van der Waals surface area contributed by atoms with Gasteiger partial charge in [-0.15, -0.1) is 0 Å². The molecule has 0 spiro atoms. The van der Waals surface area contributed by atoms with Crippen molar-refractivity contribution in [3.63, 3.8) is 0 Å². The smallest absolute Gasteiger partial charge is 0.138 e. The average molecular weight is 153 g/mol. The van der Waals surface area contributed by atoms with Gasteiger partial charge in [-0.25, -0.2) is 4.98 Å². The Morgan fingerprint density at radius 2 is 2.27 bits per heavy atom. The van der Waals surface area contributed by atoms with Gasteiger partial charge < -0.3 is 0 Å². The maximum atomic E-state index is 4.18. The molecule has 1 heterocycles.